The normalized spacial score (nSPS) is 13.0. The van der Waals surface area contributed by atoms with Crippen LogP contribution < -0.4 is 21.5 Å². The highest BCUT2D eigenvalue weighted by Crippen LogP contribution is 2.19. The van der Waals surface area contributed by atoms with E-state index < -0.39 is 0 Å². The van der Waals surface area contributed by atoms with Crippen LogP contribution in [0.5, 0.6) is 0 Å². The first-order valence-electron chi connectivity index (χ1n) is 13.6. The maximum atomic E-state index is 4.10. The van der Waals surface area contributed by atoms with Crippen molar-refractivity contribution in [3.63, 3.8) is 0 Å². The maximum absolute atomic E-state index is 4.10. The van der Waals surface area contributed by atoms with Gasteiger partial charge >= 0.3 is 0 Å². The van der Waals surface area contributed by atoms with Crippen molar-refractivity contribution in [3.8, 4) is 0 Å². The number of aryl methyl sites for hydroxylation is 4. The lowest BCUT2D eigenvalue weighted by atomic mass is 9.93. The predicted molar refractivity (Wildman–Crippen MR) is 158 cm³/mol. The van der Waals surface area contributed by atoms with Crippen molar-refractivity contribution < 1.29 is 21.5 Å². The largest absolute Gasteiger partial charge is 1.00 e. The molecule has 0 unspecified atom stereocenters. The van der Waals surface area contributed by atoms with Crippen LogP contribution >= 0.6 is 0 Å². The molecule has 3 nitrogen and oxygen atoms in total. The Labute approximate surface area is 244 Å². The van der Waals surface area contributed by atoms with Crippen LogP contribution in [0.25, 0.3) is 10.8 Å². The number of pyridine rings is 3. The standard InChI is InChI=1S/C16H18N.C9H11N.C9H7N.CH4.BrH/c1-2-6-14(7-3-1)12-17-11-10-15-8-4-5-9-16(15)13-17;2*1-2-4-9-7-10-6-5-8(9)3-1;;/h1-3,6-7,10-11,13H,4-5,8-9,12H2;5-7H,1-4H2;1-7H;1H4;1H/q+1;;;;/p-1. The van der Waals surface area contributed by atoms with E-state index >= 15 is 0 Å². The van der Waals surface area contributed by atoms with Gasteiger partial charge in [-0.1, -0.05) is 62.0 Å². The number of benzene rings is 2. The van der Waals surface area contributed by atoms with Crippen molar-refractivity contribution >= 4 is 10.8 Å². The maximum Gasteiger partial charge on any atom is 0.173 e. The van der Waals surface area contributed by atoms with Crippen LogP contribution in [0, 0.1) is 0 Å². The summed E-state index contributed by atoms with van der Waals surface area (Å²) in [6, 6.07) is 25.3. The van der Waals surface area contributed by atoms with Gasteiger partial charge < -0.3 is 17.0 Å². The van der Waals surface area contributed by atoms with Crippen molar-refractivity contribution in [1.29, 1.82) is 0 Å². The highest BCUT2D eigenvalue weighted by atomic mass is 79.9. The quantitative estimate of drug-likeness (QED) is 0.282. The van der Waals surface area contributed by atoms with Gasteiger partial charge in [0.2, 0.25) is 0 Å². The van der Waals surface area contributed by atoms with Crippen LogP contribution in [0.3, 0.4) is 0 Å². The molecule has 0 fully saturated rings. The van der Waals surface area contributed by atoms with Gasteiger partial charge in [-0.2, -0.15) is 0 Å². The highest BCUT2D eigenvalue weighted by molar-refractivity contribution is 5.80. The molecule has 2 aliphatic carbocycles. The SMILES string of the molecule is C.[Br-].c1cc2c(cn1)CCCC2.c1ccc(C[n+]2ccc3c(c2)CCCC3)cc1.c1ccc2cnccc2c1. The lowest BCUT2D eigenvalue weighted by molar-refractivity contribution is -0.688. The minimum atomic E-state index is 0. The molecule has 7 rings (SSSR count). The highest BCUT2D eigenvalue weighted by Gasteiger charge is 2.13. The van der Waals surface area contributed by atoms with E-state index in [1.54, 1.807) is 11.1 Å². The van der Waals surface area contributed by atoms with Gasteiger partial charge in [0.15, 0.2) is 18.9 Å². The smallest absolute Gasteiger partial charge is 0.173 e. The summed E-state index contributed by atoms with van der Waals surface area (Å²) in [5.74, 6) is 0. The lowest BCUT2D eigenvalue weighted by Crippen LogP contribution is -3.00. The average molecular weight is 583 g/mol. The van der Waals surface area contributed by atoms with Gasteiger partial charge in [-0.3, -0.25) is 9.97 Å². The molecule has 5 aromatic rings. The van der Waals surface area contributed by atoms with Crippen LogP contribution in [-0.2, 0) is 32.2 Å². The van der Waals surface area contributed by atoms with E-state index in [2.05, 4.69) is 81.5 Å². The minimum absolute atomic E-state index is 0. The predicted octanol–water partition coefficient (Wildman–Crippen LogP) is 4.74. The average Bonchev–Trinajstić information content (AvgIpc) is 2.98. The zero-order valence-electron chi connectivity index (χ0n) is 22.0. The first kappa shape index (κ1) is 30.2. The number of hydrogen-bond donors (Lipinski definition) is 0. The number of halogens is 1. The summed E-state index contributed by atoms with van der Waals surface area (Å²) >= 11 is 0. The Bertz CT molecular complexity index is 1330. The molecule has 0 saturated carbocycles. The molecule has 39 heavy (non-hydrogen) atoms. The zero-order valence-corrected chi connectivity index (χ0v) is 23.6. The summed E-state index contributed by atoms with van der Waals surface area (Å²) in [6.45, 7) is 0.980. The Hall–Kier alpha value is -3.37. The van der Waals surface area contributed by atoms with Crippen LogP contribution in [0.1, 0.15) is 60.9 Å². The van der Waals surface area contributed by atoms with Crippen molar-refractivity contribution in [2.75, 3.05) is 0 Å². The van der Waals surface area contributed by atoms with Crippen molar-refractivity contribution in [2.45, 2.75) is 65.3 Å². The van der Waals surface area contributed by atoms with Gasteiger partial charge in [0.05, 0.1) is 0 Å². The summed E-state index contributed by atoms with van der Waals surface area (Å²) in [6.07, 6.45) is 22.6. The topological polar surface area (TPSA) is 29.7 Å². The molecule has 0 saturated heterocycles. The van der Waals surface area contributed by atoms with Crippen molar-refractivity contribution in [1.82, 2.24) is 9.97 Å². The lowest BCUT2D eigenvalue weighted by Gasteiger charge is -2.13. The minimum Gasteiger partial charge on any atom is -1.00 e. The summed E-state index contributed by atoms with van der Waals surface area (Å²) in [4.78, 5) is 8.11. The summed E-state index contributed by atoms with van der Waals surface area (Å²) in [5.41, 5.74) is 7.46. The molecular weight excluding hydrogens is 542 g/mol. The van der Waals surface area contributed by atoms with E-state index in [4.69, 9.17) is 0 Å². The Morgan fingerprint density at radius 3 is 1.87 bits per heavy atom. The molecule has 0 radical (unpaired) electrons. The first-order chi connectivity index (χ1) is 18.3. The zero-order chi connectivity index (χ0) is 25.1. The number of fused-ring (bicyclic) bond motifs is 3. The van der Waals surface area contributed by atoms with E-state index in [0.29, 0.717) is 0 Å². The van der Waals surface area contributed by atoms with E-state index in [1.165, 1.54) is 78.8 Å². The Morgan fingerprint density at radius 2 is 1.15 bits per heavy atom. The molecule has 4 heteroatoms. The fourth-order valence-corrected chi connectivity index (χ4v) is 5.19. The molecule has 2 aromatic carbocycles. The Morgan fingerprint density at radius 1 is 0.564 bits per heavy atom. The van der Waals surface area contributed by atoms with Crippen LogP contribution in [0.4, 0.5) is 0 Å². The molecule has 0 amide bonds. The second kappa shape index (κ2) is 15.9. The molecule has 0 aliphatic heterocycles. The first-order valence-corrected chi connectivity index (χ1v) is 13.6. The van der Waals surface area contributed by atoms with Crippen LogP contribution in [0.15, 0.2) is 110 Å². The summed E-state index contributed by atoms with van der Waals surface area (Å²) in [5, 5.41) is 2.45. The Kier molecular flexibility index (Phi) is 12.3. The molecule has 202 valence electrons. The third-order valence-electron chi connectivity index (χ3n) is 7.25. The van der Waals surface area contributed by atoms with Gasteiger partial charge in [-0.25, -0.2) is 4.57 Å². The Balaban J connectivity index is 0.000000166. The fraction of sp³-hybridized carbons (Fsp3) is 0.286. The van der Waals surface area contributed by atoms with Crippen LogP contribution in [0.2, 0.25) is 0 Å². The molecule has 0 bridgehead atoms. The van der Waals surface area contributed by atoms with Crippen molar-refractivity contribution in [2.24, 2.45) is 0 Å². The van der Waals surface area contributed by atoms with E-state index in [9.17, 15) is 0 Å². The van der Waals surface area contributed by atoms with Crippen molar-refractivity contribution in [3.05, 3.63) is 138 Å². The third-order valence-corrected chi connectivity index (χ3v) is 7.25. The third kappa shape index (κ3) is 8.83. The number of nitrogens with zero attached hydrogens (tertiary/aromatic N) is 3. The number of aromatic nitrogens is 3. The van der Waals surface area contributed by atoms with Gasteiger partial charge in [-0.15, -0.1) is 0 Å². The molecule has 0 N–H and O–H groups in total. The molecular formula is C35H40BrN3. The second-order valence-electron chi connectivity index (χ2n) is 9.93. The molecule has 3 heterocycles. The molecule has 2 aliphatic rings. The van der Waals surface area contributed by atoms with E-state index in [-0.39, 0.29) is 24.4 Å². The molecule has 0 spiro atoms. The van der Waals surface area contributed by atoms with Crippen LogP contribution in [-0.4, -0.2) is 9.97 Å². The van der Waals surface area contributed by atoms with Gasteiger partial charge in [0.1, 0.15) is 0 Å². The number of rotatable bonds is 2. The second-order valence-corrected chi connectivity index (χ2v) is 9.93. The number of hydrogen-bond acceptors (Lipinski definition) is 2. The summed E-state index contributed by atoms with van der Waals surface area (Å²) in [7, 11) is 0. The van der Waals surface area contributed by atoms with E-state index in [1.807, 2.05) is 43.0 Å². The van der Waals surface area contributed by atoms with Gasteiger partial charge in [0, 0.05) is 42.0 Å². The van der Waals surface area contributed by atoms with Gasteiger partial charge in [-0.05, 0) is 91.0 Å². The van der Waals surface area contributed by atoms with E-state index in [0.717, 1.165) is 6.54 Å². The molecule has 0 atom stereocenters. The molecule has 3 aromatic heterocycles. The monoisotopic (exact) mass is 581 g/mol. The van der Waals surface area contributed by atoms with Gasteiger partial charge in [0.25, 0.3) is 0 Å². The fourth-order valence-electron chi connectivity index (χ4n) is 5.19. The summed E-state index contributed by atoms with van der Waals surface area (Å²) < 4.78 is 2.31.